The molecule has 0 aliphatic rings. The Kier molecular flexibility index (Phi) is 35.8. The van der Waals surface area contributed by atoms with Gasteiger partial charge in [-0.2, -0.15) is 0 Å². The van der Waals surface area contributed by atoms with Gasteiger partial charge in [0.25, 0.3) is 6.47 Å². The quantitative estimate of drug-likeness (QED) is 0.0102. The third-order valence-electron chi connectivity index (χ3n) is 17.4. The van der Waals surface area contributed by atoms with Gasteiger partial charge >= 0.3 is 103 Å². The minimum Gasteiger partial charge on any atom is -1.00 e. The van der Waals surface area contributed by atoms with E-state index in [1.165, 1.54) is 91.8 Å². The largest absolute Gasteiger partial charge is 1.00 e. The summed E-state index contributed by atoms with van der Waals surface area (Å²) in [5.74, 6) is 0.992. The zero-order valence-corrected chi connectivity index (χ0v) is 68.7. The second kappa shape index (κ2) is 39.8. The van der Waals surface area contributed by atoms with E-state index in [0.717, 1.165) is 73.7 Å². The van der Waals surface area contributed by atoms with Crippen LogP contribution < -0.4 is 108 Å². The van der Waals surface area contributed by atoms with E-state index in [1.807, 2.05) is 67.8 Å². The number of aliphatic hydroxyl groups excluding tert-OH is 1. The predicted octanol–water partition coefficient (Wildman–Crippen LogP) is 15.4. The molecular weight excluding hydrogens is 1420 g/mol. The Morgan fingerprint density at radius 1 is 0.559 bits per heavy atom. The van der Waals surface area contributed by atoms with Gasteiger partial charge in [-0.25, -0.2) is 0 Å². The number of hydrogen-bond donors (Lipinski definition) is 1. The molecule has 14 heteroatoms. The summed E-state index contributed by atoms with van der Waals surface area (Å²) in [4.78, 5) is 56.0. The van der Waals surface area contributed by atoms with E-state index in [9.17, 15) is 19.5 Å². The average molecular weight is 1520 g/mol. The number of hydrogen-bond acceptors (Lipinski definition) is 11. The first-order valence-electron chi connectivity index (χ1n) is 32.2. The van der Waals surface area contributed by atoms with Crippen molar-refractivity contribution in [3.63, 3.8) is 0 Å². The number of benzene rings is 6. The van der Waals surface area contributed by atoms with Crippen molar-refractivity contribution < 1.29 is 159 Å². The fourth-order valence-corrected chi connectivity index (χ4v) is 13.9. The number of pyridine rings is 2. The number of ketones is 3. The van der Waals surface area contributed by atoms with Crippen LogP contribution in [0.1, 0.15) is 178 Å². The molecule has 0 amide bonds. The molecule has 0 spiro atoms. The van der Waals surface area contributed by atoms with Crippen molar-refractivity contribution in [1.29, 1.82) is 0 Å². The Labute approximate surface area is 661 Å². The molecule has 0 atom stereocenters. The van der Waals surface area contributed by atoms with Crippen molar-refractivity contribution in [3.8, 4) is 22.5 Å². The molecule has 93 heavy (non-hydrogen) atoms. The molecular formula is C79H95IrK2N2O7S2-. The van der Waals surface area contributed by atoms with E-state index in [-0.39, 0.29) is 195 Å². The number of carbonyl (C=O) groups excluding carboxylic acids is 4. The van der Waals surface area contributed by atoms with Gasteiger partial charge in [0.2, 0.25) is 0 Å². The molecule has 4 aromatic heterocycles. The van der Waals surface area contributed by atoms with Crippen LogP contribution in [0.4, 0.5) is 0 Å². The molecule has 6 aromatic carbocycles. The molecule has 0 aliphatic carbocycles. The van der Waals surface area contributed by atoms with Crippen LogP contribution in [0.15, 0.2) is 138 Å². The summed E-state index contributed by atoms with van der Waals surface area (Å²) in [7, 11) is 0. The first-order valence-corrected chi connectivity index (χ1v) is 34.0. The minimum atomic E-state index is -0.181. The standard InChI is InChI=1S/C26H23NS.C26H22NS.2C13H24O2.CH2O3.Ir.2K.H/c2*1-16-15-28-25-21(16)9-10-27-24(25)20-12-19-11-17-7-5-6-8-18(17)13-22(19)23(14-20)26(2,3)4;2*1-5-10(6-2)12(14)9-13(15)11(7-3)8-4;2-1-4-3;;;;/h5-15H,1-4H3;5-11,13-15H,1-4H3;10-11H,5-9H2,1-4H3;9-11,14H,5-8H2,1-4H3;1,3H;;;;/q;-1;;;;;2*+1;-1/p-1. The van der Waals surface area contributed by atoms with Crippen molar-refractivity contribution in [2.75, 3.05) is 0 Å². The van der Waals surface area contributed by atoms with Gasteiger partial charge in [0.1, 0.15) is 11.6 Å². The fraction of sp³-hybridized carbons (Fsp3) is 0.392. The topological polar surface area (TPSA) is 147 Å². The first-order chi connectivity index (χ1) is 42.9. The molecule has 0 unspecified atom stereocenters. The summed E-state index contributed by atoms with van der Waals surface area (Å²) in [6, 6.07) is 41.3. The van der Waals surface area contributed by atoms with Gasteiger partial charge in [-0.1, -0.05) is 168 Å². The van der Waals surface area contributed by atoms with Crippen LogP contribution >= 0.6 is 22.7 Å². The molecule has 487 valence electrons. The molecule has 9 nitrogen and oxygen atoms in total. The normalized spacial score (nSPS) is 11.4. The number of thiophene rings is 2. The molecule has 0 saturated heterocycles. The van der Waals surface area contributed by atoms with E-state index < -0.39 is 0 Å². The second-order valence-electron chi connectivity index (χ2n) is 25.5. The zero-order valence-electron chi connectivity index (χ0n) is 59.4. The van der Waals surface area contributed by atoms with Crippen LogP contribution in [-0.4, -0.2) is 38.9 Å². The van der Waals surface area contributed by atoms with E-state index in [4.69, 9.17) is 20.0 Å². The summed E-state index contributed by atoms with van der Waals surface area (Å²) in [6.45, 7) is 34.0. The number of aliphatic hydroxyl groups is 1. The third-order valence-corrected chi connectivity index (χ3v) is 19.7. The molecule has 0 aliphatic heterocycles. The molecule has 4 heterocycles. The average Bonchev–Trinajstić information content (AvgIpc) is 0.974. The molecule has 0 saturated carbocycles. The molecule has 0 bridgehead atoms. The molecule has 1 radical (unpaired) electrons. The van der Waals surface area contributed by atoms with E-state index >= 15 is 0 Å². The van der Waals surface area contributed by atoms with Crippen LogP contribution in [0.2, 0.25) is 0 Å². The number of carbonyl (C=O) groups is 4. The van der Waals surface area contributed by atoms with Gasteiger partial charge in [0.05, 0.1) is 22.6 Å². The summed E-state index contributed by atoms with van der Waals surface area (Å²) < 4.78 is 2.52. The van der Waals surface area contributed by atoms with Gasteiger partial charge < -0.3 is 16.7 Å². The number of fused-ring (bicyclic) bond motifs is 6. The Balaban J connectivity index is 0.000000430. The number of allylic oxidation sites excluding steroid dienone is 2. The van der Waals surface area contributed by atoms with Crippen LogP contribution in [0, 0.1) is 43.6 Å². The molecule has 0 fully saturated rings. The number of Topliss-reactive ketones (excluding diaryl/α,β-unsaturated/α-hetero) is 2. The van der Waals surface area contributed by atoms with E-state index in [2.05, 4.69) is 180 Å². The van der Waals surface area contributed by atoms with Crippen molar-refractivity contribution in [1.82, 2.24) is 9.97 Å². The number of nitrogens with zero attached hydrogens (tertiary/aromatic N) is 2. The Bertz CT molecular complexity index is 3880. The molecule has 1 N–H and O–H groups in total. The van der Waals surface area contributed by atoms with Gasteiger partial charge in [0.15, 0.2) is 5.78 Å². The monoisotopic (exact) mass is 1520 g/mol. The zero-order chi connectivity index (χ0) is 66.0. The maximum atomic E-state index is 11.7. The van der Waals surface area contributed by atoms with Crippen molar-refractivity contribution in [3.05, 3.63) is 166 Å². The van der Waals surface area contributed by atoms with Gasteiger partial charge in [-0.3, -0.25) is 29.1 Å². The van der Waals surface area contributed by atoms with E-state index in [1.54, 1.807) is 22.7 Å². The van der Waals surface area contributed by atoms with Crippen molar-refractivity contribution >= 4 is 110 Å². The van der Waals surface area contributed by atoms with Gasteiger partial charge in [-0.05, 0) is 178 Å². The second-order valence-corrected chi connectivity index (χ2v) is 27.3. The molecule has 10 rings (SSSR count). The third kappa shape index (κ3) is 22.0. The summed E-state index contributed by atoms with van der Waals surface area (Å²) in [5, 5.41) is 35.4. The van der Waals surface area contributed by atoms with Crippen LogP contribution in [0.25, 0.3) is 85.8 Å². The molecule has 10 aromatic rings. The van der Waals surface area contributed by atoms with Crippen LogP contribution in [0.5, 0.6) is 0 Å². The maximum absolute atomic E-state index is 11.7. The Hall–Kier alpha value is -3.52. The van der Waals surface area contributed by atoms with Crippen LogP contribution in [-0.2, 0) is 55.0 Å². The number of aromatic nitrogens is 2. The smallest absolute Gasteiger partial charge is 1.00 e. The van der Waals surface area contributed by atoms with Crippen molar-refractivity contribution in [2.45, 2.75) is 179 Å². The number of rotatable bonds is 18. The first kappa shape index (κ1) is 83.7. The minimum absolute atomic E-state index is 0. The summed E-state index contributed by atoms with van der Waals surface area (Å²) >= 11 is 3.57. The van der Waals surface area contributed by atoms with Crippen molar-refractivity contribution in [2.24, 2.45) is 23.7 Å². The maximum Gasteiger partial charge on any atom is 1.00 e. The Morgan fingerprint density at radius 3 is 1.41 bits per heavy atom. The Morgan fingerprint density at radius 2 is 0.968 bits per heavy atom. The summed E-state index contributed by atoms with van der Waals surface area (Å²) in [5.41, 5.74) is 9.86. The summed E-state index contributed by atoms with van der Waals surface area (Å²) in [6.07, 6.45) is 12.3. The SMILES string of the molecule is CCC(CC)C(=O)C=C(O)C(CC)CC.CCC(CC)C(=O)CC(=O)C(CC)CC.Cc1csc2c(-c3[c-]c4cc5ccccc5cc4c(C(C)(C)C)c3)nccc12.Cc1csc2c(-c3cc(C(C)(C)C)c4cc5ccccc5cc4c3)nccc12.O=CO[O-].[H-].[Ir].[K+].[K+]. The van der Waals surface area contributed by atoms with Crippen LogP contribution in [0.3, 0.4) is 0 Å². The van der Waals surface area contributed by atoms with E-state index in [0.29, 0.717) is 0 Å². The van der Waals surface area contributed by atoms with Gasteiger partial charge in [0, 0.05) is 78.2 Å². The predicted molar refractivity (Wildman–Crippen MR) is 381 cm³/mol. The fourth-order valence-electron chi connectivity index (χ4n) is 11.8. The number of aryl methyl sites for hydroxylation is 2. The van der Waals surface area contributed by atoms with Gasteiger partial charge in [-0.15, -0.1) is 51.8 Å².